The minimum atomic E-state index is -0.636. The van der Waals surface area contributed by atoms with Gasteiger partial charge in [0.05, 0.1) is 17.0 Å². The minimum Gasteiger partial charge on any atom is -0.450 e. The fourth-order valence-electron chi connectivity index (χ4n) is 3.66. The zero-order valence-electron chi connectivity index (χ0n) is 15.5. The Kier molecular flexibility index (Phi) is 4.15. The Morgan fingerprint density at radius 1 is 1.10 bits per heavy atom. The summed E-state index contributed by atoms with van der Waals surface area (Å²) in [6.45, 7) is 3.74. The highest BCUT2D eigenvalue weighted by Crippen LogP contribution is 2.42. The molecule has 4 aromatic rings. The van der Waals surface area contributed by atoms with Gasteiger partial charge in [0.2, 0.25) is 10.9 Å². The van der Waals surface area contributed by atoms with E-state index in [-0.39, 0.29) is 17.1 Å². The summed E-state index contributed by atoms with van der Waals surface area (Å²) in [5.41, 5.74) is 2.27. The molecule has 1 aliphatic heterocycles. The standard InChI is InChI=1S/C21H14BrN3O3S/c1-10-6-7-15-14(8-10)18(26)16-17(12-4-3-5-13(22)9-12)25(20(27)19(16)28-15)21-24-23-11(2)29-21/h3-9,17H,1-2H3/t17-/m1/s1. The monoisotopic (exact) mass is 467 g/mol. The maximum absolute atomic E-state index is 13.5. The number of aryl methyl sites for hydroxylation is 2. The molecule has 1 atom stereocenters. The third-order valence-corrected chi connectivity index (χ3v) is 6.24. The first-order valence-electron chi connectivity index (χ1n) is 8.90. The van der Waals surface area contributed by atoms with E-state index in [1.54, 1.807) is 12.1 Å². The molecule has 2 aromatic heterocycles. The number of benzene rings is 2. The van der Waals surface area contributed by atoms with Gasteiger partial charge in [-0.2, -0.15) is 0 Å². The molecule has 0 aliphatic carbocycles. The summed E-state index contributed by atoms with van der Waals surface area (Å²) >= 11 is 4.78. The Bertz CT molecular complexity index is 1360. The number of halogens is 1. The number of aromatic nitrogens is 2. The van der Waals surface area contributed by atoms with Crippen LogP contribution in [0, 0.1) is 13.8 Å². The van der Waals surface area contributed by atoms with Gasteiger partial charge in [-0.1, -0.05) is 51.0 Å². The van der Waals surface area contributed by atoms with Gasteiger partial charge in [0.15, 0.2) is 5.43 Å². The van der Waals surface area contributed by atoms with Crippen molar-refractivity contribution in [2.24, 2.45) is 0 Å². The average molecular weight is 468 g/mol. The largest absolute Gasteiger partial charge is 0.450 e. The normalized spacial score (nSPS) is 15.9. The van der Waals surface area contributed by atoms with E-state index in [1.165, 1.54) is 16.2 Å². The molecule has 0 radical (unpaired) electrons. The summed E-state index contributed by atoms with van der Waals surface area (Å²) in [4.78, 5) is 28.4. The fraction of sp³-hybridized carbons (Fsp3) is 0.143. The van der Waals surface area contributed by atoms with E-state index in [4.69, 9.17) is 4.42 Å². The minimum absolute atomic E-state index is 0.0594. The third-order valence-electron chi connectivity index (χ3n) is 4.91. The van der Waals surface area contributed by atoms with Crippen molar-refractivity contribution in [1.82, 2.24) is 10.2 Å². The Morgan fingerprint density at radius 3 is 2.66 bits per heavy atom. The van der Waals surface area contributed by atoms with E-state index in [0.29, 0.717) is 21.7 Å². The number of hydrogen-bond donors (Lipinski definition) is 0. The number of rotatable bonds is 2. The number of amides is 1. The number of hydrogen-bond acceptors (Lipinski definition) is 6. The topological polar surface area (TPSA) is 76.3 Å². The zero-order chi connectivity index (χ0) is 20.3. The van der Waals surface area contributed by atoms with Crippen LogP contribution in [0.3, 0.4) is 0 Å². The molecule has 29 heavy (non-hydrogen) atoms. The van der Waals surface area contributed by atoms with Crippen molar-refractivity contribution >= 4 is 49.3 Å². The predicted molar refractivity (Wildman–Crippen MR) is 115 cm³/mol. The van der Waals surface area contributed by atoms with E-state index in [0.717, 1.165) is 20.6 Å². The molecule has 144 valence electrons. The molecule has 0 N–H and O–H groups in total. The third kappa shape index (κ3) is 2.82. The van der Waals surface area contributed by atoms with Gasteiger partial charge in [0, 0.05) is 4.47 Å². The van der Waals surface area contributed by atoms with Crippen molar-refractivity contribution in [2.75, 3.05) is 4.90 Å². The Balaban J connectivity index is 1.84. The Hall–Kier alpha value is -2.84. The van der Waals surface area contributed by atoms with Gasteiger partial charge >= 0.3 is 0 Å². The second kappa shape index (κ2) is 6.60. The maximum Gasteiger partial charge on any atom is 0.297 e. The van der Waals surface area contributed by atoms with Crippen molar-refractivity contribution in [3.63, 3.8) is 0 Å². The van der Waals surface area contributed by atoms with Crippen LogP contribution in [-0.4, -0.2) is 16.1 Å². The van der Waals surface area contributed by atoms with Crippen LogP contribution in [0.1, 0.15) is 38.3 Å². The lowest BCUT2D eigenvalue weighted by Crippen LogP contribution is -2.29. The molecule has 5 rings (SSSR count). The maximum atomic E-state index is 13.5. The van der Waals surface area contributed by atoms with Crippen LogP contribution in [0.5, 0.6) is 0 Å². The molecule has 3 heterocycles. The van der Waals surface area contributed by atoms with E-state index in [1.807, 2.05) is 44.2 Å². The molecular weight excluding hydrogens is 454 g/mol. The Morgan fingerprint density at radius 2 is 1.93 bits per heavy atom. The number of fused-ring (bicyclic) bond motifs is 2. The van der Waals surface area contributed by atoms with E-state index in [2.05, 4.69) is 26.1 Å². The second-order valence-corrected chi connectivity index (χ2v) is 8.99. The van der Waals surface area contributed by atoms with Gasteiger partial charge < -0.3 is 4.42 Å². The first kappa shape index (κ1) is 18.2. The van der Waals surface area contributed by atoms with Crippen molar-refractivity contribution in [3.8, 4) is 0 Å². The number of anilines is 1. The highest BCUT2D eigenvalue weighted by atomic mass is 79.9. The molecule has 1 amide bonds. The van der Waals surface area contributed by atoms with E-state index in [9.17, 15) is 9.59 Å². The number of nitrogens with zero attached hydrogens (tertiary/aromatic N) is 3. The summed E-state index contributed by atoms with van der Waals surface area (Å²) in [6.07, 6.45) is 0. The second-order valence-electron chi connectivity index (χ2n) is 6.91. The molecule has 1 aliphatic rings. The molecule has 0 bridgehead atoms. The zero-order valence-corrected chi connectivity index (χ0v) is 17.9. The number of carbonyl (C=O) groups excluding carboxylic acids is 1. The summed E-state index contributed by atoms with van der Waals surface area (Å²) in [6, 6.07) is 12.3. The first-order valence-corrected chi connectivity index (χ1v) is 10.5. The van der Waals surface area contributed by atoms with E-state index >= 15 is 0 Å². The molecule has 0 saturated heterocycles. The van der Waals surface area contributed by atoms with Crippen LogP contribution >= 0.6 is 27.3 Å². The lowest BCUT2D eigenvalue weighted by Gasteiger charge is -2.22. The summed E-state index contributed by atoms with van der Waals surface area (Å²) < 4.78 is 6.80. The van der Waals surface area contributed by atoms with E-state index < -0.39 is 6.04 Å². The highest BCUT2D eigenvalue weighted by molar-refractivity contribution is 9.10. The lowest BCUT2D eigenvalue weighted by molar-refractivity contribution is 0.0970. The van der Waals surface area contributed by atoms with Crippen LogP contribution in [-0.2, 0) is 0 Å². The highest BCUT2D eigenvalue weighted by Gasteiger charge is 2.45. The Labute approximate surface area is 177 Å². The SMILES string of the molecule is Cc1ccc2oc3c(c(=O)c2c1)[C@@H](c1cccc(Br)c1)N(c1nnc(C)s1)C3=O. The lowest BCUT2D eigenvalue weighted by atomic mass is 9.98. The van der Waals surface area contributed by atoms with Crippen molar-refractivity contribution in [2.45, 2.75) is 19.9 Å². The summed E-state index contributed by atoms with van der Waals surface area (Å²) in [7, 11) is 0. The van der Waals surface area contributed by atoms with Crippen LogP contribution in [0.2, 0.25) is 0 Å². The van der Waals surface area contributed by atoms with Gasteiger partial charge in [0.1, 0.15) is 10.6 Å². The van der Waals surface area contributed by atoms with Gasteiger partial charge in [-0.05, 0) is 43.7 Å². The van der Waals surface area contributed by atoms with Crippen LogP contribution in [0.25, 0.3) is 11.0 Å². The summed E-state index contributed by atoms with van der Waals surface area (Å²) in [5.74, 6) is -0.329. The smallest absolute Gasteiger partial charge is 0.297 e. The van der Waals surface area contributed by atoms with Crippen molar-refractivity contribution in [3.05, 3.63) is 84.6 Å². The molecule has 0 spiro atoms. The fourth-order valence-corrected chi connectivity index (χ4v) is 4.79. The van der Waals surface area contributed by atoms with Crippen molar-refractivity contribution in [1.29, 1.82) is 0 Å². The molecule has 8 heteroatoms. The molecule has 0 unspecified atom stereocenters. The van der Waals surface area contributed by atoms with Gasteiger partial charge in [-0.3, -0.25) is 14.5 Å². The average Bonchev–Trinajstić information content (AvgIpc) is 3.24. The molecule has 0 fully saturated rings. The van der Waals surface area contributed by atoms with Gasteiger partial charge in [0.25, 0.3) is 5.91 Å². The van der Waals surface area contributed by atoms with Crippen LogP contribution < -0.4 is 10.3 Å². The predicted octanol–water partition coefficient (Wildman–Crippen LogP) is 4.77. The number of carbonyl (C=O) groups is 1. The molecule has 2 aromatic carbocycles. The van der Waals surface area contributed by atoms with Crippen molar-refractivity contribution < 1.29 is 9.21 Å². The summed E-state index contributed by atoms with van der Waals surface area (Å²) in [5, 5.41) is 9.84. The van der Waals surface area contributed by atoms with Gasteiger partial charge in [-0.25, -0.2) is 0 Å². The van der Waals surface area contributed by atoms with Crippen LogP contribution in [0.4, 0.5) is 5.13 Å². The molecule has 0 saturated carbocycles. The molecular formula is C21H14BrN3O3S. The quantitative estimate of drug-likeness (QED) is 0.424. The van der Waals surface area contributed by atoms with Crippen LogP contribution in [0.15, 0.2) is 56.1 Å². The van der Waals surface area contributed by atoms with Gasteiger partial charge in [-0.15, -0.1) is 10.2 Å². The first-order chi connectivity index (χ1) is 13.9. The molecule has 6 nitrogen and oxygen atoms in total.